The molecule has 0 saturated carbocycles. The molecule has 2 aromatic carbocycles. The summed E-state index contributed by atoms with van der Waals surface area (Å²) in [7, 11) is 1.64. The third-order valence-electron chi connectivity index (χ3n) is 4.48. The van der Waals surface area contributed by atoms with Gasteiger partial charge in [0, 0.05) is 21.9 Å². The zero-order valence-corrected chi connectivity index (χ0v) is 18.8. The Balaban J connectivity index is 1.74. The van der Waals surface area contributed by atoms with Crippen LogP contribution in [0.4, 0.5) is 0 Å². The number of carbonyl (C=O) groups is 1. The van der Waals surface area contributed by atoms with Gasteiger partial charge in [0.15, 0.2) is 5.78 Å². The van der Waals surface area contributed by atoms with E-state index in [1.165, 1.54) is 0 Å². The maximum absolute atomic E-state index is 12.5. The number of hydrogen-bond donors (Lipinski definition) is 0. The number of hydrogen-bond acceptors (Lipinski definition) is 4. The third-order valence-corrected chi connectivity index (χ3v) is 5.19. The molecule has 0 aliphatic carbocycles. The largest absolute Gasteiger partial charge is 0.496 e. The maximum Gasteiger partial charge on any atom is 0.189 e. The minimum atomic E-state index is -0.0605. The van der Waals surface area contributed by atoms with Crippen molar-refractivity contribution in [1.82, 2.24) is 9.78 Å². The lowest BCUT2D eigenvalue weighted by atomic mass is 10.1. The lowest BCUT2D eigenvalue weighted by molar-refractivity contribution is 0.104. The summed E-state index contributed by atoms with van der Waals surface area (Å²) < 4.78 is 14.3. The van der Waals surface area contributed by atoms with Crippen LogP contribution in [0.3, 0.4) is 0 Å². The Bertz CT molecular complexity index is 1020. The van der Waals surface area contributed by atoms with Crippen molar-refractivity contribution >= 4 is 34.5 Å². The van der Waals surface area contributed by atoms with Crippen molar-refractivity contribution in [2.24, 2.45) is 0 Å². The van der Waals surface area contributed by atoms with E-state index in [0.29, 0.717) is 12.2 Å². The molecule has 6 heteroatoms. The number of allylic oxidation sites excluding steroid dienone is 1. The van der Waals surface area contributed by atoms with Crippen molar-refractivity contribution in [2.75, 3.05) is 7.11 Å². The van der Waals surface area contributed by atoms with Crippen molar-refractivity contribution in [3.63, 3.8) is 0 Å². The molecular weight excluding hydrogens is 479 g/mol. The van der Waals surface area contributed by atoms with Crippen LogP contribution >= 0.6 is 22.6 Å². The molecule has 0 fully saturated rings. The van der Waals surface area contributed by atoms with E-state index in [4.69, 9.17) is 9.47 Å². The third kappa shape index (κ3) is 5.47. The maximum atomic E-state index is 12.5. The van der Waals surface area contributed by atoms with E-state index in [0.717, 1.165) is 38.4 Å². The quantitative estimate of drug-likeness (QED) is 0.238. The molecule has 0 N–H and O–H groups in total. The zero-order valence-electron chi connectivity index (χ0n) is 16.7. The minimum Gasteiger partial charge on any atom is -0.496 e. The van der Waals surface area contributed by atoms with Crippen LogP contribution in [0.5, 0.6) is 11.5 Å². The Morgan fingerprint density at radius 1 is 1.21 bits per heavy atom. The first-order valence-corrected chi connectivity index (χ1v) is 10.4. The van der Waals surface area contributed by atoms with E-state index in [9.17, 15) is 4.79 Å². The van der Waals surface area contributed by atoms with Crippen LogP contribution in [0.2, 0.25) is 0 Å². The minimum absolute atomic E-state index is 0.0605. The summed E-state index contributed by atoms with van der Waals surface area (Å²) in [6.45, 7) is 4.95. The highest BCUT2D eigenvalue weighted by Gasteiger charge is 2.11. The molecule has 0 bridgehead atoms. The van der Waals surface area contributed by atoms with Gasteiger partial charge in [-0.25, -0.2) is 0 Å². The van der Waals surface area contributed by atoms with Crippen molar-refractivity contribution in [2.45, 2.75) is 27.0 Å². The van der Waals surface area contributed by atoms with E-state index in [-0.39, 0.29) is 5.78 Å². The highest BCUT2D eigenvalue weighted by molar-refractivity contribution is 14.1. The molecule has 1 heterocycles. The van der Waals surface area contributed by atoms with Crippen LogP contribution in [-0.4, -0.2) is 22.7 Å². The molecule has 0 amide bonds. The van der Waals surface area contributed by atoms with Gasteiger partial charge < -0.3 is 9.47 Å². The number of carbonyl (C=O) groups excluding carboxylic acids is 1. The van der Waals surface area contributed by atoms with Crippen molar-refractivity contribution in [3.05, 3.63) is 80.7 Å². The van der Waals surface area contributed by atoms with Gasteiger partial charge in [-0.15, -0.1) is 0 Å². The Morgan fingerprint density at radius 2 is 1.97 bits per heavy atom. The molecule has 150 valence electrons. The molecule has 0 atom stereocenters. The number of benzene rings is 2. The summed E-state index contributed by atoms with van der Waals surface area (Å²) in [5.41, 5.74) is 3.18. The van der Waals surface area contributed by atoms with Crippen molar-refractivity contribution in [1.29, 1.82) is 0 Å². The molecule has 0 saturated heterocycles. The molecule has 0 aliphatic heterocycles. The van der Waals surface area contributed by atoms with Crippen LogP contribution in [0.15, 0.2) is 54.7 Å². The first-order chi connectivity index (χ1) is 14.0. The second-order valence-electron chi connectivity index (χ2n) is 6.50. The SMILES string of the molecule is CCn1cc(C(=O)/C=C/c2ccc(OC)c(COc3ccc(I)cc3)c2)c(C)n1. The summed E-state index contributed by atoms with van der Waals surface area (Å²) in [5.74, 6) is 1.49. The topological polar surface area (TPSA) is 53.4 Å². The van der Waals surface area contributed by atoms with E-state index in [2.05, 4.69) is 27.7 Å². The van der Waals surface area contributed by atoms with Gasteiger partial charge in [0.2, 0.25) is 0 Å². The average molecular weight is 502 g/mol. The fourth-order valence-electron chi connectivity index (χ4n) is 2.89. The molecular formula is C23H23IN2O3. The van der Waals surface area contributed by atoms with E-state index >= 15 is 0 Å². The second kappa shape index (κ2) is 9.73. The summed E-state index contributed by atoms with van der Waals surface area (Å²) in [4.78, 5) is 12.5. The van der Waals surface area contributed by atoms with Gasteiger partial charge in [0.1, 0.15) is 18.1 Å². The van der Waals surface area contributed by atoms with Gasteiger partial charge in [-0.3, -0.25) is 9.48 Å². The first kappa shape index (κ1) is 21.1. The number of ether oxygens (including phenoxy) is 2. The summed E-state index contributed by atoms with van der Waals surface area (Å²) >= 11 is 2.26. The highest BCUT2D eigenvalue weighted by Crippen LogP contribution is 2.23. The standard InChI is InChI=1S/C23H23IN2O3/c1-4-26-14-21(16(2)25-26)22(27)11-5-17-6-12-23(28-3)18(13-17)15-29-20-9-7-19(24)8-10-20/h5-14H,4,15H2,1-3H3/b11-5+. The van der Waals surface area contributed by atoms with Gasteiger partial charge in [-0.1, -0.05) is 12.1 Å². The van der Waals surface area contributed by atoms with Crippen LogP contribution in [0.25, 0.3) is 6.08 Å². The number of aromatic nitrogens is 2. The number of ketones is 1. The molecule has 0 radical (unpaired) electrons. The lowest BCUT2D eigenvalue weighted by Crippen LogP contribution is -1.99. The van der Waals surface area contributed by atoms with Gasteiger partial charge in [-0.05, 0) is 84.5 Å². The number of rotatable bonds is 8. The smallest absolute Gasteiger partial charge is 0.189 e. The normalized spacial score (nSPS) is 11.0. The van der Waals surface area contributed by atoms with Crippen LogP contribution in [0, 0.1) is 10.5 Å². The number of aryl methyl sites for hydroxylation is 2. The predicted molar refractivity (Wildman–Crippen MR) is 122 cm³/mol. The van der Waals surface area contributed by atoms with Gasteiger partial charge in [0.05, 0.1) is 18.4 Å². The Labute approximate surface area is 184 Å². The number of methoxy groups -OCH3 is 1. The Hall–Kier alpha value is -2.61. The number of nitrogens with zero attached hydrogens (tertiary/aromatic N) is 2. The molecule has 0 aliphatic rings. The average Bonchev–Trinajstić information content (AvgIpc) is 3.12. The van der Waals surface area contributed by atoms with E-state index < -0.39 is 0 Å². The highest BCUT2D eigenvalue weighted by atomic mass is 127. The Kier molecular flexibility index (Phi) is 7.09. The summed E-state index contributed by atoms with van der Waals surface area (Å²) in [6, 6.07) is 13.7. The summed E-state index contributed by atoms with van der Waals surface area (Å²) in [5, 5.41) is 4.33. The van der Waals surface area contributed by atoms with E-state index in [1.807, 2.05) is 56.3 Å². The zero-order chi connectivity index (χ0) is 20.8. The van der Waals surface area contributed by atoms with Crippen LogP contribution in [-0.2, 0) is 13.2 Å². The monoisotopic (exact) mass is 502 g/mol. The van der Waals surface area contributed by atoms with Crippen LogP contribution in [0.1, 0.15) is 34.1 Å². The van der Waals surface area contributed by atoms with Crippen LogP contribution < -0.4 is 9.47 Å². The molecule has 3 rings (SSSR count). The van der Waals surface area contributed by atoms with Gasteiger partial charge >= 0.3 is 0 Å². The van der Waals surface area contributed by atoms with Crippen molar-refractivity contribution < 1.29 is 14.3 Å². The molecule has 1 aromatic heterocycles. The molecule has 5 nitrogen and oxygen atoms in total. The molecule has 0 unspecified atom stereocenters. The van der Waals surface area contributed by atoms with Gasteiger partial charge in [-0.2, -0.15) is 5.10 Å². The molecule has 0 spiro atoms. The summed E-state index contributed by atoms with van der Waals surface area (Å²) in [6.07, 6.45) is 5.17. The molecule has 29 heavy (non-hydrogen) atoms. The lowest BCUT2D eigenvalue weighted by Gasteiger charge is -2.11. The first-order valence-electron chi connectivity index (χ1n) is 9.32. The second-order valence-corrected chi connectivity index (χ2v) is 7.74. The fourth-order valence-corrected chi connectivity index (χ4v) is 3.25. The van der Waals surface area contributed by atoms with Crippen molar-refractivity contribution in [3.8, 4) is 11.5 Å². The van der Waals surface area contributed by atoms with Gasteiger partial charge in [0.25, 0.3) is 0 Å². The molecule has 3 aromatic rings. The number of halogens is 1. The Morgan fingerprint density at radius 3 is 2.62 bits per heavy atom. The van der Waals surface area contributed by atoms with E-state index in [1.54, 1.807) is 30.1 Å². The fraction of sp³-hybridized carbons (Fsp3) is 0.217. The predicted octanol–water partition coefficient (Wildman–Crippen LogP) is 5.30.